The molecule has 1 amide bonds. The molecule has 9 heteroatoms. The molecule has 3 aromatic rings. The SMILES string of the molecule is O=C1C(NS(=O)(=O)c2ccc3cc(Cl)ccc3c2)CCN1c1ccc(I)cc1F. The van der Waals surface area contributed by atoms with Gasteiger partial charge in [-0.15, -0.1) is 0 Å². The summed E-state index contributed by atoms with van der Waals surface area (Å²) in [4.78, 5) is 14.1. The lowest BCUT2D eigenvalue weighted by Gasteiger charge is -2.18. The number of benzene rings is 3. The highest BCUT2D eigenvalue weighted by Crippen LogP contribution is 2.27. The van der Waals surface area contributed by atoms with Gasteiger partial charge in [-0.25, -0.2) is 12.8 Å². The fraction of sp³-hybridized carbons (Fsp3) is 0.150. The second kappa shape index (κ2) is 7.82. The summed E-state index contributed by atoms with van der Waals surface area (Å²) in [6.07, 6.45) is 0.257. The Morgan fingerprint density at radius 3 is 2.55 bits per heavy atom. The van der Waals surface area contributed by atoms with Gasteiger partial charge in [0.2, 0.25) is 15.9 Å². The third-order valence-electron chi connectivity index (χ3n) is 4.79. The van der Waals surface area contributed by atoms with E-state index in [1.165, 1.54) is 29.2 Å². The second-order valence-corrected chi connectivity index (χ2v) is 10.1. The third-order valence-corrected chi connectivity index (χ3v) is 7.16. The zero-order valence-corrected chi connectivity index (χ0v) is 18.6. The number of rotatable bonds is 4. The Bertz CT molecular complexity index is 1240. The van der Waals surface area contributed by atoms with Crippen LogP contribution in [0.1, 0.15) is 6.42 Å². The number of halogens is 3. The van der Waals surface area contributed by atoms with Crippen LogP contribution in [0.15, 0.2) is 59.5 Å². The molecule has 0 bridgehead atoms. The number of carbonyl (C=O) groups is 1. The van der Waals surface area contributed by atoms with Crippen molar-refractivity contribution in [2.75, 3.05) is 11.4 Å². The first-order valence-electron chi connectivity index (χ1n) is 8.73. The number of amides is 1. The number of hydrogen-bond acceptors (Lipinski definition) is 3. The van der Waals surface area contributed by atoms with Crippen molar-refractivity contribution in [3.63, 3.8) is 0 Å². The molecule has 1 fully saturated rings. The molecule has 1 aliphatic heterocycles. The Labute approximate surface area is 186 Å². The second-order valence-electron chi connectivity index (χ2n) is 6.70. The maximum atomic E-state index is 14.2. The highest BCUT2D eigenvalue weighted by Gasteiger charge is 2.36. The molecule has 0 aromatic heterocycles. The van der Waals surface area contributed by atoms with Crippen molar-refractivity contribution in [1.82, 2.24) is 4.72 Å². The lowest BCUT2D eigenvalue weighted by Crippen LogP contribution is -2.41. The van der Waals surface area contributed by atoms with Crippen molar-refractivity contribution in [3.05, 3.63) is 69.0 Å². The molecular formula is C20H15ClFIN2O3S. The first-order valence-corrected chi connectivity index (χ1v) is 11.7. The molecular weight excluding hydrogens is 530 g/mol. The fourth-order valence-electron chi connectivity index (χ4n) is 3.35. The maximum Gasteiger partial charge on any atom is 0.245 e. The van der Waals surface area contributed by atoms with Gasteiger partial charge in [-0.3, -0.25) is 4.79 Å². The van der Waals surface area contributed by atoms with Gasteiger partial charge in [0, 0.05) is 15.1 Å². The van der Waals surface area contributed by atoms with Crippen molar-refractivity contribution in [1.29, 1.82) is 0 Å². The van der Waals surface area contributed by atoms with Crippen molar-refractivity contribution < 1.29 is 17.6 Å². The van der Waals surface area contributed by atoms with E-state index in [0.717, 1.165) is 10.8 Å². The molecule has 1 unspecified atom stereocenters. The quantitative estimate of drug-likeness (QED) is 0.498. The molecule has 5 nitrogen and oxygen atoms in total. The largest absolute Gasteiger partial charge is 0.308 e. The normalized spacial score (nSPS) is 17.3. The number of carbonyl (C=O) groups excluding carboxylic acids is 1. The molecule has 0 saturated carbocycles. The summed E-state index contributed by atoms with van der Waals surface area (Å²) in [6.45, 7) is 0.236. The molecule has 150 valence electrons. The van der Waals surface area contributed by atoms with Crippen molar-refractivity contribution >= 4 is 66.6 Å². The van der Waals surface area contributed by atoms with Gasteiger partial charge in [0.15, 0.2) is 0 Å². The molecule has 0 spiro atoms. The molecule has 1 atom stereocenters. The molecule has 0 aliphatic carbocycles. The van der Waals surface area contributed by atoms with Gasteiger partial charge in [-0.1, -0.05) is 23.7 Å². The minimum absolute atomic E-state index is 0.0546. The van der Waals surface area contributed by atoms with E-state index in [1.807, 2.05) is 22.6 Å². The maximum absolute atomic E-state index is 14.2. The van der Waals surface area contributed by atoms with Gasteiger partial charge in [-0.2, -0.15) is 4.72 Å². The van der Waals surface area contributed by atoms with E-state index in [1.54, 1.807) is 30.3 Å². The summed E-state index contributed by atoms with van der Waals surface area (Å²) >= 11 is 7.95. The standard InChI is InChI=1S/C20H15ClFIN2O3S/c21-14-3-1-13-10-16(5-2-12(13)9-14)29(27,28)24-18-7-8-25(20(18)26)19-6-4-15(23)11-17(19)22/h1-6,9-11,18,24H,7-8H2. The number of fused-ring (bicyclic) bond motifs is 1. The predicted molar refractivity (Wildman–Crippen MR) is 119 cm³/mol. The Hall–Kier alpha value is -1.75. The van der Waals surface area contributed by atoms with Crippen molar-refractivity contribution in [2.24, 2.45) is 0 Å². The van der Waals surface area contributed by atoms with Gasteiger partial charge >= 0.3 is 0 Å². The lowest BCUT2D eigenvalue weighted by molar-refractivity contribution is -0.118. The average Bonchev–Trinajstić information content (AvgIpc) is 3.01. The number of anilines is 1. The van der Waals surface area contributed by atoms with Crippen molar-refractivity contribution in [3.8, 4) is 0 Å². The fourth-order valence-corrected chi connectivity index (χ4v) is 5.24. The number of nitrogens with zero attached hydrogens (tertiary/aromatic N) is 1. The van der Waals surface area contributed by atoms with E-state index in [2.05, 4.69) is 4.72 Å². The van der Waals surface area contributed by atoms with Crippen LogP contribution in [0.4, 0.5) is 10.1 Å². The molecule has 1 aliphatic rings. The smallest absolute Gasteiger partial charge is 0.245 e. The number of hydrogen-bond donors (Lipinski definition) is 1. The summed E-state index contributed by atoms with van der Waals surface area (Å²) < 4.78 is 43.0. The van der Waals surface area contributed by atoms with E-state index in [4.69, 9.17) is 11.6 Å². The van der Waals surface area contributed by atoms with Crippen LogP contribution in [0, 0.1) is 9.39 Å². The zero-order chi connectivity index (χ0) is 20.8. The number of nitrogens with one attached hydrogen (secondary N) is 1. The molecule has 29 heavy (non-hydrogen) atoms. The highest BCUT2D eigenvalue weighted by atomic mass is 127. The zero-order valence-electron chi connectivity index (χ0n) is 14.9. The molecule has 1 heterocycles. The molecule has 3 aromatic carbocycles. The Kier molecular flexibility index (Phi) is 5.54. The van der Waals surface area contributed by atoms with E-state index in [9.17, 15) is 17.6 Å². The van der Waals surface area contributed by atoms with Crippen LogP contribution in [-0.4, -0.2) is 26.9 Å². The highest BCUT2D eigenvalue weighted by molar-refractivity contribution is 14.1. The molecule has 4 rings (SSSR count). The Morgan fingerprint density at radius 1 is 1.07 bits per heavy atom. The first kappa shape index (κ1) is 20.5. The summed E-state index contributed by atoms with van der Waals surface area (Å²) in [5.74, 6) is -0.983. The number of sulfonamides is 1. The summed E-state index contributed by atoms with van der Waals surface area (Å²) in [6, 6.07) is 13.4. The Balaban J connectivity index is 1.57. The summed E-state index contributed by atoms with van der Waals surface area (Å²) in [5.41, 5.74) is 0.152. The molecule has 1 N–H and O–H groups in total. The summed E-state index contributed by atoms with van der Waals surface area (Å²) in [5, 5.41) is 2.09. The monoisotopic (exact) mass is 544 g/mol. The minimum Gasteiger partial charge on any atom is -0.308 e. The molecule has 1 saturated heterocycles. The van der Waals surface area contributed by atoms with Crippen LogP contribution >= 0.6 is 34.2 Å². The van der Waals surface area contributed by atoms with Gasteiger partial charge in [0.1, 0.15) is 11.9 Å². The average molecular weight is 545 g/mol. The predicted octanol–water partition coefficient (Wildman–Crippen LogP) is 4.32. The minimum atomic E-state index is -3.93. The van der Waals surface area contributed by atoms with E-state index in [0.29, 0.717) is 8.59 Å². The van der Waals surface area contributed by atoms with Crippen LogP contribution < -0.4 is 9.62 Å². The first-order chi connectivity index (χ1) is 13.7. The topological polar surface area (TPSA) is 66.5 Å². The van der Waals surface area contributed by atoms with Crippen LogP contribution in [0.3, 0.4) is 0 Å². The van der Waals surface area contributed by atoms with E-state index >= 15 is 0 Å². The van der Waals surface area contributed by atoms with Gasteiger partial charge in [-0.05, 0) is 82.2 Å². The third kappa shape index (κ3) is 4.11. The van der Waals surface area contributed by atoms with Crippen LogP contribution in [0.25, 0.3) is 10.8 Å². The van der Waals surface area contributed by atoms with E-state index in [-0.39, 0.29) is 23.5 Å². The van der Waals surface area contributed by atoms with E-state index < -0.39 is 27.8 Å². The Morgan fingerprint density at radius 2 is 1.79 bits per heavy atom. The van der Waals surface area contributed by atoms with Gasteiger partial charge in [0.25, 0.3) is 0 Å². The van der Waals surface area contributed by atoms with Gasteiger partial charge in [0.05, 0.1) is 10.6 Å². The summed E-state index contributed by atoms with van der Waals surface area (Å²) in [7, 11) is -3.93. The van der Waals surface area contributed by atoms with Gasteiger partial charge < -0.3 is 4.90 Å². The van der Waals surface area contributed by atoms with Crippen molar-refractivity contribution in [2.45, 2.75) is 17.4 Å². The molecule has 0 radical (unpaired) electrons. The van der Waals surface area contributed by atoms with Crippen LogP contribution in [-0.2, 0) is 14.8 Å². The van der Waals surface area contributed by atoms with Crippen LogP contribution in [0.2, 0.25) is 5.02 Å². The van der Waals surface area contributed by atoms with Crippen LogP contribution in [0.5, 0.6) is 0 Å². The lowest BCUT2D eigenvalue weighted by atomic mass is 10.1.